The molecule has 18 heavy (non-hydrogen) atoms. The second-order valence-corrected chi connectivity index (χ2v) is 8.11. The smallest absolute Gasteiger partial charge is 0.0592 e. The number of aliphatic hydroxyl groups is 2. The molecule has 0 spiro atoms. The SMILES string of the molecule is OCC1CCN(CC2CC(Br)C(Br)CC2O)CC1. The zero-order valence-electron chi connectivity index (χ0n) is 10.6. The summed E-state index contributed by atoms with van der Waals surface area (Å²) in [7, 11) is 0. The second kappa shape index (κ2) is 7.02. The van der Waals surface area contributed by atoms with E-state index in [1.807, 2.05) is 0 Å². The predicted molar refractivity (Wildman–Crippen MR) is 80.4 cm³/mol. The van der Waals surface area contributed by atoms with Gasteiger partial charge in [0.05, 0.1) is 6.10 Å². The predicted octanol–water partition coefficient (Wildman–Crippen LogP) is 1.99. The van der Waals surface area contributed by atoms with Crippen LogP contribution in [0.1, 0.15) is 25.7 Å². The Kier molecular flexibility index (Phi) is 5.94. The minimum Gasteiger partial charge on any atom is -0.396 e. The molecule has 106 valence electrons. The Bertz CT molecular complexity index is 259. The number of rotatable bonds is 3. The molecule has 0 aromatic carbocycles. The molecule has 3 nitrogen and oxygen atoms in total. The number of alkyl halides is 2. The van der Waals surface area contributed by atoms with Gasteiger partial charge in [0, 0.05) is 22.8 Å². The summed E-state index contributed by atoms with van der Waals surface area (Å²) in [6.07, 6.45) is 3.89. The monoisotopic (exact) mass is 383 g/mol. The van der Waals surface area contributed by atoms with E-state index in [0.29, 0.717) is 28.1 Å². The van der Waals surface area contributed by atoms with Gasteiger partial charge in [0.1, 0.15) is 0 Å². The molecular formula is C13H23Br2NO2. The standard InChI is InChI=1S/C13H23Br2NO2/c14-11-5-10(13(18)6-12(11)15)7-16-3-1-9(8-17)2-4-16/h9-13,17-18H,1-8H2. The average Bonchev–Trinajstić information content (AvgIpc) is 2.37. The van der Waals surface area contributed by atoms with Gasteiger partial charge in [-0.05, 0) is 50.6 Å². The van der Waals surface area contributed by atoms with Crippen molar-refractivity contribution in [2.24, 2.45) is 11.8 Å². The highest BCUT2D eigenvalue weighted by atomic mass is 79.9. The molecule has 2 N–H and O–H groups in total. The van der Waals surface area contributed by atoms with Crippen molar-refractivity contribution in [2.75, 3.05) is 26.2 Å². The summed E-state index contributed by atoms with van der Waals surface area (Å²) >= 11 is 7.31. The second-order valence-electron chi connectivity index (χ2n) is 5.76. The van der Waals surface area contributed by atoms with Gasteiger partial charge in [-0.25, -0.2) is 0 Å². The molecule has 1 aliphatic heterocycles. The topological polar surface area (TPSA) is 43.7 Å². The lowest BCUT2D eigenvalue weighted by atomic mass is 9.85. The summed E-state index contributed by atoms with van der Waals surface area (Å²) < 4.78 is 0. The van der Waals surface area contributed by atoms with Crippen molar-refractivity contribution in [1.29, 1.82) is 0 Å². The van der Waals surface area contributed by atoms with Crippen LogP contribution in [0.25, 0.3) is 0 Å². The first-order valence-corrected chi connectivity index (χ1v) is 8.72. The van der Waals surface area contributed by atoms with Crippen LogP contribution in [0.5, 0.6) is 0 Å². The fraction of sp³-hybridized carbons (Fsp3) is 1.00. The quantitative estimate of drug-likeness (QED) is 0.731. The zero-order valence-corrected chi connectivity index (χ0v) is 13.8. The van der Waals surface area contributed by atoms with E-state index in [1.54, 1.807) is 0 Å². The van der Waals surface area contributed by atoms with Gasteiger partial charge in [0.25, 0.3) is 0 Å². The van der Waals surface area contributed by atoms with Gasteiger partial charge < -0.3 is 15.1 Å². The van der Waals surface area contributed by atoms with Gasteiger partial charge >= 0.3 is 0 Å². The summed E-state index contributed by atoms with van der Waals surface area (Å²) in [4.78, 5) is 3.32. The zero-order chi connectivity index (χ0) is 13.1. The van der Waals surface area contributed by atoms with Crippen molar-refractivity contribution >= 4 is 31.9 Å². The first kappa shape index (κ1) is 15.2. The van der Waals surface area contributed by atoms with Crippen molar-refractivity contribution in [2.45, 2.75) is 41.4 Å². The van der Waals surface area contributed by atoms with Crippen LogP contribution in [0.4, 0.5) is 0 Å². The molecule has 4 unspecified atom stereocenters. The van der Waals surface area contributed by atoms with Crippen molar-refractivity contribution in [3.8, 4) is 0 Å². The molecule has 0 amide bonds. The molecule has 2 aliphatic rings. The summed E-state index contributed by atoms with van der Waals surface area (Å²) in [6.45, 7) is 3.47. The molecule has 1 heterocycles. The van der Waals surface area contributed by atoms with E-state index in [1.165, 1.54) is 0 Å². The molecule has 1 aliphatic carbocycles. The van der Waals surface area contributed by atoms with Crippen LogP contribution >= 0.6 is 31.9 Å². The van der Waals surface area contributed by atoms with Gasteiger partial charge in [-0.2, -0.15) is 0 Å². The van der Waals surface area contributed by atoms with E-state index < -0.39 is 0 Å². The lowest BCUT2D eigenvalue weighted by molar-refractivity contribution is 0.0392. The maximum Gasteiger partial charge on any atom is 0.0592 e. The third-order valence-corrected chi connectivity index (χ3v) is 7.12. The lowest BCUT2D eigenvalue weighted by Gasteiger charge is -2.39. The fourth-order valence-electron chi connectivity index (χ4n) is 3.04. The number of nitrogens with zero attached hydrogens (tertiary/aromatic N) is 1. The number of hydrogen-bond acceptors (Lipinski definition) is 3. The van der Waals surface area contributed by atoms with E-state index in [4.69, 9.17) is 5.11 Å². The Morgan fingerprint density at radius 3 is 2.28 bits per heavy atom. The Balaban J connectivity index is 1.79. The average molecular weight is 385 g/mol. The van der Waals surface area contributed by atoms with Crippen LogP contribution in [-0.4, -0.2) is 57.1 Å². The summed E-state index contributed by atoms with van der Waals surface area (Å²) in [5.74, 6) is 0.877. The van der Waals surface area contributed by atoms with Gasteiger partial charge in [-0.3, -0.25) is 0 Å². The number of hydrogen-bond donors (Lipinski definition) is 2. The minimum atomic E-state index is -0.182. The van der Waals surface area contributed by atoms with Gasteiger partial charge in [-0.1, -0.05) is 31.9 Å². The number of likely N-dealkylation sites (tertiary alicyclic amines) is 1. The third kappa shape index (κ3) is 3.92. The number of aliphatic hydroxyl groups excluding tert-OH is 2. The Morgan fingerprint density at radius 2 is 1.67 bits per heavy atom. The van der Waals surface area contributed by atoms with Gasteiger partial charge in [-0.15, -0.1) is 0 Å². The molecule has 5 heteroatoms. The van der Waals surface area contributed by atoms with Crippen LogP contribution < -0.4 is 0 Å². The highest BCUT2D eigenvalue weighted by Crippen LogP contribution is 2.34. The molecule has 2 rings (SSSR count). The first-order chi connectivity index (χ1) is 8.60. The largest absolute Gasteiger partial charge is 0.396 e. The van der Waals surface area contributed by atoms with Crippen LogP contribution in [0.15, 0.2) is 0 Å². The number of halogens is 2. The molecule has 0 aromatic rings. The highest BCUT2D eigenvalue weighted by Gasteiger charge is 2.35. The Morgan fingerprint density at radius 1 is 1.06 bits per heavy atom. The van der Waals surface area contributed by atoms with E-state index in [2.05, 4.69) is 36.8 Å². The lowest BCUT2D eigenvalue weighted by Crippen LogP contribution is -2.45. The number of piperidine rings is 1. The van der Waals surface area contributed by atoms with Crippen molar-refractivity contribution in [3.05, 3.63) is 0 Å². The Hall–Kier alpha value is 0.840. The van der Waals surface area contributed by atoms with E-state index >= 15 is 0 Å². The van der Waals surface area contributed by atoms with Crippen molar-refractivity contribution < 1.29 is 10.2 Å². The molecule has 0 bridgehead atoms. The summed E-state index contributed by atoms with van der Waals surface area (Å²) in [5, 5.41) is 19.3. The fourth-order valence-corrected chi connectivity index (χ4v) is 4.34. The molecule has 1 saturated carbocycles. The summed E-state index contributed by atoms with van der Waals surface area (Å²) in [6, 6.07) is 0. The van der Waals surface area contributed by atoms with E-state index in [0.717, 1.165) is 45.3 Å². The molecule has 2 fully saturated rings. The first-order valence-electron chi connectivity index (χ1n) is 6.89. The minimum absolute atomic E-state index is 0.182. The van der Waals surface area contributed by atoms with Gasteiger partial charge in [0.15, 0.2) is 0 Å². The maximum atomic E-state index is 10.2. The molecule has 1 saturated heterocycles. The summed E-state index contributed by atoms with van der Waals surface area (Å²) in [5.41, 5.74) is 0. The molecule has 0 radical (unpaired) electrons. The van der Waals surface area contributed by atoms with Crippen molar-refractivity contribution in [1.82, 2.24) is 4.90 Å². The third-order valence-electron chi connectivity index (χ3n) is 4.39. The van der Waals surface area contributed by atoms with E-state index in [9.17, 15) is 5.11 Å². The van der Waals surface area contributed by atoms with Crippen LogP contribution in [0.2, 0.25) is 0 Å². The Labute approximate surface area is 126 Å². The van der Waals surface area contributed by atoms with Crippen LogP contribution in [0.3, 0.4) is 0 Å². The van der Waals surface area contributed by atoms with Gasteiger partial charge in [0.2, 0.25) is 0 Å². The normalized spacial score (nSPS) is 40.0. The highest BCUT2D eigenvalue weighted by molar-refractivity contribution is 9.12. The van der Waals surface area contributed by atoms with Crippen LogP contribution in [0, 0.1) is 11.8 Å². The van der Waals surface area contributed by atoms with Crippen LogP contribution in [-0.2, 0) is 0 Å². The van der Waals surface area contributed by atoms with E-state index in [-0.39, 0.29) is 6.10 Å². The van der Waals surface area contributed by atoms with Crippen molar-refractivity contribution in [3.63, 3.8) is 0 Å². The maximum absolute atomic E-state index is 10.2. The molecular weight excluding hydrogens is 362 g/mol. The molecule has 4 atom stereocenters. The molecule has 0 aromatic heterocycles.